The lowest BCUT2D eigenvalue weighted by Crippen LogP contribution is -2.19. The van der Waals surface area contributed by atoms with Crippen LogP contribution >= 0.6 is 0 Å². The summed E-state index contributed by atoms with van der Waals surface area (Å²) >= 11 is 0. The van der Waals surface area contributed by atoms with Crippen LogP contribution in [0.3, 0.4) is 0 Å². The molecule has 0 saturated heterocycles. The number of aromatic nitrogens is 3. The number of fused-ring (bicyclic) bond motifs is 1. The summed E-state index contributed by atoms with van der Waals surface area (Å²) in [6, 6.07) is 4.20. The van der Waals surface area contributed by atoms with Crippen molar-refractivity contribution in [1.29, 1.82) is 0 Å². The minimum Gasteiger partial charge on any atom is -0.321 e. The maximum absolute atomic E-state index is 6.29. The maximum Gasteiger partial charge on any atom is 0.160 e. The standard InChI is InChI=1S/C14H22N4/c1-9(2)8-11(15)13-17-12-6-5-7-16-14(12)18(13)10(3)4/h5-7,9-11H,8,15H2,1-4H3. The van der Waals surface area contributed by atoms with Crippen LogP contribution in [0.5, 0.6) is 0 Å². The Kier molecular flexibility index (Phi) is 3.66. The first-order chi connectivity index (χ1) is 8.50. The minimum atomic E-state index is -0.0263. The Morgan fingerprint density at radius 1 is 1.28 bits per heavy atom. The first kappa shape index (κ1) is 13.0. The summed E-state index contributed by atoms with van der Waals surface area (Å²) in [5, 5.41) is 0. The number of imidazole rings is 1. The SMILES string of the molecule is CC(C)CC(N)c1nc2cccnc2n1C(C)C. The zero-order chi connectivity index (χ0) is 13.3. The van der Waals surface area contributed by atoms with Gasteiger partial charge in [-0.2, -0.15) is 0 Å². The molecule has 0 aliphatic rings. The molecule has 2 aromatic rings. The molecule has 1 atom stereocenters. The molecule has 0 radical (unpaired) electrons. The number of rotatable bonds is 4. The highest BCUT2D eigenvalue weighted by atomic mass is 15.2. The Bertz CT molecular complexity index is 528. The quantitative estimate of drug-likeness (QED) is 0.902. The van der Waals surface area contributed by atoms with Gasteiger partial charge in [-0.05, 0) is 38.3 Å². The summed E-state index contributed by atoms with van der Waals surface area (Å²) in [5.41, 5.74) is 8.15. The van der Waals surface area contributed by atoms with Gasteiger partial charge in [0.1, 0.15) is 11.3 Å². The van der Waals surface area contributed by atoms with Gasteiger partial charge < -0.3 is 10.3 Å². The van der Waals surface area contributed by atoms with Crippen molar-refractivity contribution in [3.63, 3.8) is 0 Å². The van der Waals surface area contributed by atoms with Gasteiger partial charge in [-0.15, -0.1) is 0 Å². The van der Waals surface area contributed by atoms with E-state index in [4.69, 9.17) is 5.73 Å². The normalized spacial score (nSPS) is 13.7. The van der Waals surface area contributed by atoms with Crippen LogP contribution in [-0.2, 0) is 0 Å². The first-order valence-electron chi connectivity index (χ1n) is 6.59. The van der Waals surface area contributed by atoms with Crippen molar-refractivity contribution in [2.24, 2.45) is 11.7 Å². The van der Waals surface area contributed by atoms with Gasteiger partial charge in [-0.1, -0.05) is 13.8 Å². The number of hydrogen-bond acceptors (Lipinski definition) is 3. The van der Waals surface area contributed by atoms with Crippen molar-refractivity contribution in [2.45, 2.75) is 46.2 Å². The van der Waals surface area contributed by atoms with Crippen molar-refractivity contribution in [3.8, 4) is 0 Å². The third-order valence-corrected chi connectivity index (χ3v) is 3.05. The molecule has 0 fully saturated rings. The van der Waals surface area contributed by atoms with Gasteiger partial charge in [0.05, 0.1) is 6.04 Å². The highest BCUT2D eigenvalue weighted by Gasteiger charge is 2.20. The Balaban J connectivity index is 2.52. The lowest BCUT2D eigenvalue weighted by Gasteiger charge is -2.18. The molecule has 0 bridgehead atoms. The zero-order valence-electron chi connectivity index (χ0n) is 11.6. The zero-order valence-corrected chi connectivity index (χ0v) is 11.6. The molecule has 0 aliphatic carbocycles. The monoisotopic (exact) mass is 246 g/mol. The van der Waals surface area contributed by atoms with E-state index in [1.54, 1.807) is 6.20 Å². The highest BCUT2D eigenvalue weighted by molar-refractivity contribution is 5.71. The molecule has 2 N–H and O–H groups in total. The van der Waals surface area contributed by atoms with Gasteiger partial charge in [0.15, 0.2) is 5.65 Å². The maximum atomic E-state index is 6.29. The number of nitrogens with two attached hydrogens (primary N) is 1. The summed E-state index contributed by atoms with van der Waals surface area (Å²) in [6.45, 7) is 8.64. The van der Waals surface area contributed by atoms with Gasteiger partial charge in [0.25, 0.3) is 0 Å². The molecule has 98 valence electrons. The van der Waals surface area contributed by atoms with E-state index < -0.39 is 0 Å². The molecule has 2 heterocycles. The van der Waals surface area contributed by atoms with Crippen molar-refractivity contribution in [3.05, 3.63) is 24.2 Å². The van der Waals surface area contributed by atoms with Gasteiger partial charge in [0, 0.05) is 12.2 Å². The van der Waals surface area contributed by atoms with Gasteiger partial charge in [-0.25, -0.2) is 9.97 Å². The predicted octanol–water partition coefficient (Wildman–Crippen LogP) is 3.06. The number of nitrogens with zero attached hydrogens (tertiary/aromatic N) is 3. The van der Waals surface area contributed by atoms with E-state index in [1.165, 1.54) is 0 Å². The van der Waals surface area contributed by atoms with Gasteiger partial charge in [-0.3, -0.25) is 0 Å². The van der Waals surface area contributed by atoms with Crippen LogP contribution in [0.25, 0.3) is 11.2 Å². The van der Waals surface area contributed by atoms with Crippen LogP contribution in [-0.4, -0.2) is 14.5 Å². The molecule has 4 nitrogen and oxygen atoms in total. The van der Waals surface area contributed by atoms with Crippen LogP contribution < -0.4 is 5.73 Å². The molecule has 0 aromatic carbocycles. The molecule has 0 spiro atoms. The second-order valence-electron chi connectivity index (χ2n) is 5.52. The second kappa shape index (κ2) is 5.06. The number of hydrogen-bond donors (Lipinski definition) is 1. The fourth-order valence-corrected chi connectivity index (χ4v) is 2.33. The molecule has 0 saturated carbocycles. The van der Waals surface area contributed by atoms with Crippen LogP contribution in [0.15, 0.2) is 18.3 Å². The Labute approximate surface area is 108 Å². The van der Waals surface area contributed by atoms with E-state index >= 15 is 0 Å². The van der Waals surface area contributed by atoms with E-state index in [2.05, 4.69) is 42.2 Å². The molecule has 1 unspecified atom stereocenters. The van der Waals surface area contributed by atoms with Crippen molar-refractivity contribution in [2.75, 3.05) is 0 Å². The first-order valence-corrected chi connectivity index (χ1v) is 6.59. The van der Waals surface area contributed by atoms with Crippen molar-refractivity contribution < 1.29 is 0 Å². The van der Waals surface area contributed by atoms with E-state index in [0.717, 1.165) is 23.4 Å². The average molecular weight is 246 g/mol. The lowest BCUT2D eigenvalue weighted by molar-refractivity contribution is 0.462. The van der Waals surface area contributed by atoms with E-state index in [-0.39, 0.29) is 6.04 Å². The smallest absolute Gasteiger partial charge is 0.160 e. The number of pyridine rings is 1. The fraction of sp³-hybridized carbons (Fsp3) is 0.571. The summed E-state index contributed by atoms with van der Waals surface area (Å²) in [5.74, 6) is 1.51. The van der Waals surface area contributed by atoms with Gasteiger partial charge in [0.2, 0.25) is 0 Å². The molecule has 0 aliphatic heterocycles. The average Bonchev–Trinajstić information content (AvgIpc) is 2.67. The summed E-state index contributed by atoms with van der Waals surface area (Å²) < 4.78 is 2.16. The van der Waals surface area contributed by atoms with E-state index in [1.807, 2.05) is 12.1 Å². The molecular weight excluding hydrogens is 224 g/mol. The van der Waals surface area contributed by atoms with Crippen LogP contribution in [0.2, 0.25) is 0 Å². The third kappa shape index (κ3) is 2.38. The van der Waals surface area contributed by atoms with Crippen LogP contribution in [0.4, 0.5) is 0 Å². The van der Waals surface area contributed by atoms with Crippen molar-refractivity contribution >= 4 is 11.2 Å². The summed E-state index contributed by atoms with van der Waals surface area (Å²) in [7, 11) is 0. The lowest BCUT2D eigenvalue weighted by atomic mass is 10.0. The fourth-order valence-electron chi connectivity index (χ4n) is 2.33. The van der Waals surface area contributed by atoms with Crippen molar-refractivity contribution in [1.82, 2.24) is 14.5 Å². The summed E-state index contributed by atoms with van der Waals surface area (Å²) in [6.07, 6.45) is 2.75. The highest BCUT2D eigenvalue weighted by Crippen LogP contribution is 2.25. The molecule has 18 heavy (non-hydrogen) atoms. The Morgan fingerprint density at radius 3 is 2.61 bits per heavy atom. The molecule has 2 rings (SSSR count). The predicted molar refractivity (Wildman–Crippen MR) is 74.3 cm³/mol. The summed E-state index contributed by atoms with van der Waals surface area (Å²) in [4.78, 5) is 9.09. The molecule has 2 aromatic heterocycles. The second-order valence-corrected chi connectivity index (χ2v) is 5.52. The minimum absolute atomic E-state index is 0.0263. The largest absolute Gasteiger partial charge is 0.321 e. The Morgan fingerprint density at radius 2 is 2.00 bits per heavy atom. The van der Waals surface area contributed by atoms with E-state index in [0.29, 0.717) is 12.0 Å². The molecular formula is C14H22N4. The van der Waals surface area contributed by atoms with Crippen LogP contribution in [0, 0.1) is 5.92 Å². The van der Waals surface area contributed by atoms with Gasteiger partial charge >= 0.3 is 0 Å². The topological polar surface area (TPSA) is 56.7 Å². The van der Waals surface area contributed by atoms with E-state index in [9.17, 15) is 0 Å². The Hall–Kier alpha value is -1.42. The molecule has 0 amide bonds. The molecule has 4 heteroatoms. The third-order valence-electron chi connectivity index (χ3n) is 3.05. The van der Waals surface area contributed by atoms with Crippen LogP contribution in [0.1, 0.15) is 52.0 Å².